The molecule has 2 aromatic heterocycles. The van der Waals surface area contributed by atoms with Gasteiger partial charge in [-0.15, -0.1) is 0 Å². The molecule has 0 radical (unpaired) electrons. The number of hydrogen-bond donors (Lipinski definition) is 0. The summed E-state index contributed by atoms with van der Waals surface area (Å²) >= 11 is 0. The molecule has 0 bridgehead atoms. The van der Waals surface area contributed by atoms with Crippen LogP contribution < -0.4 is 0 Å². The number of carbonyl (C=O) groups excluding carboxylic acids is 1. The van der Waals surface area contributed by atoms with E-state index in [1.807, 2.05) is 23.2 Å². The molecule has 1 aliphatic heterocycles. The second-order valence-electron chi connectivity index (χ2n) is 4.02. The van der Waals surface area contributed by atoms with Gasteiger partial charge in [-0.3, -0.25) is 4.79 Å². The van der Waals surface area contributed by atoms with Gasteiger partial charge in [-0.05, 0) is 18.2 Å². The van der Waals surface area contributed by atoms with Gasteiger partial charge in [0.1, 0.15) is 0 Å². The van der Waals surface area contributed by atoms with Crippen molar-refractivity contribution in [3.05, 3.63) is 36.2 Å². The zero-order valence-electron chi connectivity index (χ0n) is 9.37. The zero-order chi connectivity index (χ0) is 11.7. The van der Waals surface area contributed by atoms with Gasteiger partial charge in [-0.1, -0.05) is 0 Å². The van der Waals surface area contributed by atoms with E-state index < -0.39 is 0 Å². The minimum absolute atomic E-state index is 0.0667. The van der Waals surface area contributed by atoms with Crippen molar-refractivity contribution in [2.45, 2.75) is 0 Å². The Kier molecular flexibility index (Phi) is 2.53. The molecule has 0 unspecified atom stereocenters. The minimum atomic E-state index is 0.0667. The quantitative estimate of drug-likeness (QED) is 0.729. The van der Waals surface area contributed by atoms with Crippen LogP contribution in [0, 0.1) is 0 Å². The van der Waals surface area contributed by atoms with Gasteiger partial charge in [-0.25, -0.2) is 4.52 Å². The van der Waals surface area contributed by atoms with Crippen molar-refractivity contribution in [3.8, 4) is 0 Å². The average Bonchev–Trinajstić information content (AvgIpc) is 2.86. The highest BCUT2D eigenvalue weighted by Gasteiger charge is 2.18. The second kappa shape index (κ2) is 4.18. The van der Waals surface area contributed by atoms with Crippen LogP contribution >= 0.6 is 0 Å². The van der Waals surface area contributed by atoms with E-state index in [0.717, 1.165) is 5.52 Å². The molecule has 0 N–H and O–H groups in total. The number of ether oxygens (including phenoxy) is 1. The van der Waals surface area contributed by atoms with Crippen molar-refractivity contribution in [1.82, 2.24) is 14.5 Å². The van der Waals surface area contributed by atoms with Crippen LogP contribution in [0.3, 0.4) is 0 Å². The molecule has 3 heterocycles. The Morgan fingerprint density at radius 3 is 2.94 bits per heavy atom. The summed E-state index contributed by atoms with van der Waals surface area (Å²) in [5, 5.41) is 4.10. The Bertz CT molecular complexity index is 543. The maximum atomic E-state index is 12.2. The monoisotopic (exact) mass is 231 g/mol. The molecule has 3 rings (SSSR count). The summed E-state index contributed by atoms with van der Waals surface area (Å²) in [6, 6.07) is 5.55. The Hall–Kier alpha value is -1.88. The summed E-state index contributed by atoms with van der Waals surface area (Å²) in [5.41, 5.74) is 1.64. The second-order valence-corrected chi connectivity index (χ2v) is 4.02. The lowest BCUT2D eigenvalue weighted by atomic mass is 10.2. The first kappa shape index (κ1) is 10.3. The third-order valence-corrected chi connectivity index (χ3v) is 2.94. The molecule has 0 aliphatic carbocycles. The maximum Gasteiger partial charge on any atom is 0.254 e. The average molecular weight is 231 g/mol. The predicted molar refractivity (Wildman–Crippen MR) is 61.9 cm³/mol. The van der Waals surface area contributed by atoms with Crippen LogP contribution in [0.5, 0.6) is 0 Å². The molecular weight excluding hydrogens is 218 g/mol. The fourth-order valence-electron chi connectivity index (χ4n) is 2.00. The Morgan fingerprint density at radius 2 is 2.12 bits per heavy atom. The molecule has 17 heavy (non-hydrogen) atoms. The van der Waals surface area contributed by atoms with Gasteiger partial charge in [0.05, 0.1) is 18.7 Å². The third kappa shape index (κ3) is 1.89. The first-order valence-corrected chi connectivity index (χ1v) is 5.65. The van der Waals surface area contributed by atoms with Crippen molar-refractivity contribution in [2.24, 2.45) is 0 Å². The van der Waals surface area contributed by atoms with Crippen molar-refractivity contribution < 1.29 is 9.53 Å². The Labute approximate surface area is 98.6 Å². The summed E-state index contributed by atoms with van der Waals surface area (Å²) in [6.07, 6.45) is 3.53. The fraction of sp³-hybridized carbons (Fsp3) is 0.333. The van der Waals surface area contributed by atoms with Gasteiger partial charge in [-0.2, -0.15) is 5.10 Å². The smallest absolute Gasteiger partial charge is 0.254 e. The highest BCUT2D eigenvalue weighted by molar-refractivity contribution is 5.95. The largest absolute Gasteiger partial charge is 0.378 e. The maximum absolute atomic E-state index is 12.2. The fourth-order valence-corrected chi connectivity index (χ4v) is 2.00. The van der Waals surface area contributed by atoms with Gasteiger partial charge in [0.25, 0.3) is 5.91 Å². The molecule has 0 spiro atoms. The Balaban J connectivity index is 1.88. The van der Waals surface area contributed by atoms with Crippen LogP contribution in [0.15, 0.2) is 30.6 Å². The van der Waals surface area contributed by atoms with Gasteiger partial charge >= 0.3 is 0 Å². The molecule has 88 valence electrons. The van der Waals surface area contributed by atoms with Crippen LogP contribution in [0.2, 0.25) is 0 Å². The first-order valence-electron chi connectivity index (χ1n) is 5.65. The van der Waals surface area contributed by atoms with Crippen LogP contribution in [0.4, 0.5) is 0 Å². The summed E-state index contributed by atoms with van der Waals surface area (Å²) in [5.74, 6) is 0.0667. The molecule has 1 aliphatic rings. The summed E-state index contributed by atoms with van der Waals surface area (Å²) < 4.78 is 6.98. The predicted octanol–water partition coefficient (Wildman–Crippen LogP) is 0.807. The van der Waals surface area contributed by atoms with E-state index in [2.05, 4.69) is 5.10 Å². The number of nitrogens with zero attached hydrogens (tertiary/aromatic N) is 3. The summed E-state index contributed by atoms with van der Waals surface area (Å²) in [6.45, 7) is 2.59. The van der Waals surface area contributed by atoms with E-state index in [1.165, 1.54) is 0 Å². The Morgan fingerprint density at radius 1 is 1.29 bits per heavy atom. The lowest BCUT2D eigenvalue weighted by Gasteiger charge is -2.26. The van der Waals surface area contributed by atoms with Crippen molar-refractivity contribution in [1.29, 1.82) is 0 Å². The zero-order valence-corrected chi connectivity index (χ0v) is 9.37. The molecule has 5 nitrogen and oxygen atoms in total. The first-order chi connectivity index (χ1) is 8.34. The number of carbonyl (C=O) groups is 1. The number of hydrogen-bond acceptors (Lipinski definition) is 3. The molecule has 2 aromatic rings. The molecule has 1 saturated heterocycles. The SMILES string of the molecule is O=C(c1ccn2nccc2c1)N1CCOCC1. The highest BCUT2D eigenvalue weighted by atomic mass is 16.5. The summed E-state index contributed by atoms with van der Waals surface area (Å²) in [4.78, 5) is 14.0. The van der Waals surface area contributed by atoms with E-state index in [9.17, 15) is 4.79 Å². The standard InChI is InChI=1S/C12H13N3O2/c16-12(14-5-7-17-8-6-14)10-2-4-15-11(9-10)1-3-13-15/h1-4,9H,5-8H2. The van der Waals surface area contributed by atoms with Crippen LogP contribution in [-0.2, 0) is 4.74 Å². The van der Waals surface area contributed by atoms with Gasteiger partial charge in [0.15, 0.2) is 0 Å². The van der Waals surface area contributed by atoms with Crippen molar-refractivity contribution in [2.75, 3.05) is 26.3 Å². The molecule has 1 fully saturated rings. The van der Waals surface area contributed by atoms with Crippen molar-refractivity contribution in [3.63, 3.8) is 0 Å². The number of rotatable bonds is 1. The van der Waals surface area contributed by atoms with E-state index in [1.54, 1.807) is 16.8 Å². The van der Waals surface area contributed by atoms with Gasteiger partial charge in [0, 0.05) is 31.0 Å². The molecule has 1 amide bonds. The molecule has 0 aromatic carbocycles. The van der Waals surface area contributed by atoms with E-state index in [-0.39, 0.29) is 5.91 Å². The number of pyridine rings is 1. The van der Waals surface area contributed by atoms with Crippen LogP contribution in [-0.4, -0.2) is 46.7 Å². The van der Waals surface area contributed by atoms with E-state index in [4.69, 9.17) is 4.74 Å². The normalized spacial score (nSPS) is 16.4. The molecule has 0 saturated carbocycles. The topological polar surface area (TPSA) is 46.8 Å². The highest BCUT2D eigenvalue weighted by Crippen LogP contribution is 2.10. The molecular formula is C12H13N3O2. The third-order valence-electron chi connectivity index (χ3n) is 2.94. The molecule has 5 heteroatoms. The van der Waals surface area contributed by atoms with Crippen molar-refractivity contribution >= 4 is 11.4 Å². The number of fused-ring (bicyclic) bond motifs is 1. The minimum Gasteiger partial charge on any atom is -0.378 e. The van der Waals surface area contributed by atoms with Crippen LogP contribution in [0.1, 0.15) is 10.4 Å². The van der Waals surface area contributed by atoms with E-state index >= 15 is 0 Å². The lowest BCUT2D eigenvalue weighted by molar-refractivity contribution is 0.0303. The van der Waals surface area contributed by atoms with Gasteiger partial charge in [0.2, 0.25) is 0 Å². The number of morpholine rings is 1. The number of amides is 1. The summed E-state index contributed by atoms with van der Waals surface area (Å²) in [7, 11) is 0. The molecule has 0 atom stereocenters. The lowest BCUT2D eigenvalue weighted by Crippen LogP contribution is -2.40. The van der Waals surface area contributed by atoms with E-state index in [0.29, 0.717) is 31.9 Å². The van der Waals surface area contributed by atoms with Gasteiger partial charge < -0.3 is 9.64 Å². The van der Waals surface area contributed by atoms with Crippen LogP contribution in [0.25, 0.3) is 5.52 Å². The number of aromatic nitrogens is 2.